The molecule has 0 saturated carbocycles. The van der Waals surface area contributed by atoms with Crippen molar-refractivity contribution in [2.75, 3.05) is 24.6 Å². The number of aliphatic hydroxyl groups excluding tert-OH is 1. The molecular formula is C16H18N4O2S. The minimum atomic E-state index is -0.286. The van der Waals surface area contributed by atoms with Crippen LogP contribution in [0.25, 0.3) is 11.3 Å². The van der Waals surface area contributed by atoms with Gasteiger partial charge in [0, 0.05) is 29.1 Å². The first-order valence-electron chi connectivity index (χ1n) is 7.62. The number of aliphatic hydroxyl groups is 1. The number of aromatic nitrogens is 2. The van der Waals surface area contributed by atoms with E-state index in [0.29, 0.717) is 32.3 Å². The summed E-state index contributed by atoms with van der Waals surface area (Å²) >= 11 is 1.23. The monoisotopic (exact) mass is 330 g/mol. The minimum absolute atomic E-state index is 0.286. The minimum Gasteiger partial charge on any atom is -0.389 e. The Hall–Kier alpha value is -1.67. The molecule has 6 nitrogen and oxygen atoms in total. The van der Waals surface area contributed by atoms with E-state index in [2.05, 4.69) is 11.1 Å². The van der Waals surface area contributed by atoms with E-state index in [-0.39, 0.29) is 6.10 Å². The zero-order valence-corrected chi connectivity index (χ0v) is 13.4. The molecule has 2 aliphatic heterocycles. The third-order valence-electron chi connectivity index (χ3n) is 4.20. The van der Waals surface area contributed by atoms with Gasteiger partial charge in [-0.1, -0.05) is 12.1 Å². The van der Waals surface area contributed by atoms with E-state index >= 15 is 0 Å². The molecule has 3 N–H and O–H groups in total. The van der Waals surface area contributed by atoms with Gasteiger partial charge in [-0.3, -0.25) is 5.14 Å². The van der Waals surface area contributed by atoms with Gasteiger partial charge in [0.15, 0.2) is 0 Å². The second-order valence-corrected chi connectivity index (χ2v) is 6.51. The topological polar surface area (TPSA) is 84.5 Å². The number of nitrogens with zero attached hydrogens (tertiary/aromatic N) is 3. The fraction of sp³-hybridized carbons (Fsp3) is 0.375. The van der Waals surface area contributed by atoms with Gasteiger partial charge in [0.1, 0.15) is 0 Å². The lowest BCUT2D eigenvalue weighted by Crippen LogP contribution is -2.51. The molecule has 0 bridgehead atoms. The Labute approximate surface area is 138 Å². The van der Waals surface area contributed by atoms with E-state index in [9.17, 15) is 5.11 Å². The summed E-state index contributed by atoms with van der Waals surface area (Å²) in [5, 5.41) is 15.2. The van der Waals surface area contributed by atoms with Gasteiger partial charge < -0.3 is 14.7 Å². The zero-order chi connectivity index (χ0) is 15.8. The molecule has 0 radical (unpaired) electrons. The standard InChI is InChI=1S/C16H18N4O2S/c17-23-12-3-1-2-10(6-12)15-13-4-5-22-9-14(13)18-16(19-15)20-7-11(21)8-20/h1-3,6,11,21H,4-5,7-9,17H2. The summed E-state index contributed by atoms with van der Waals surface area (Å²) in [6.07, 6.45) is 0.527. The SMILES string of the molecule is NSc1cccc(-c2nc(N3CC(O)C3)nc3c2CCOC3)c1. The highest BCUT2D eigenvalue weighted by Gasteiger charge is 2.29. The number of hydrogen-bond acceptors (Lipinski definition) is 7. The highest BCUT2D eigenvalue weighted by Crippen LogP contribution is 2.31. The molecule has 0 unspecified atom stereocenters. The van der Waals surface area contributed by atoms with Crippen LogP contribution in [0, 0.1) is 0 Å². The van der Waals surface area contributed by atoms with Crippen LogP contribution in [0.5, 0.6) is 0 Å². The zero-order valence-electron chi connectivity index (χ0n) is 12.6. The van der Waals surface area contributed by atoms with Gasteiger partial charge in [-0.2, -0.15) is 0 Å². The molecule has 1 aromatic heterocycles. The number of anilines is 1. The van der Waals surface area contributed by atoms with E-state index < -0.39 is 0 Å². The number of fused-ring (bicyclic) bond motifs is 1. The summed E-state index contributed by atoms with van der Waals surface area (Å²) in [7, 11) is 0. The number of rotatable bonds is 3. The van der Waals surface area contributed by atoms with Gasteiger partial charge in [-0.15, -0.1) is 0 Å². The van der Waals surface area contributed by atoms with Crippen LogP contribution in [0.15, 0.2) is 29.2 Å². The predicted octanol–water partition coefficient (Wildman–Crippen LogP) is 1.36. The lowest BCUT2D eigenvalue weighted by atomic mass is 10.0. The first-order valence-corrected chi connectivity index (χ1v) is 8.50. The van der Waals surface area contributed by atoms with Gasteiger partial charge in [0.25, 0.3) is 0 Å². The highest BCUT2D eigenvalue weighted by molar-refractivity contribution is 7.97. The Balaban J connectivity index is 1.81. The maximum Gasteiger partial charge on any atom is 0.226 e. The van der Waals surface area contributed by atoms with Crippen molar-refractivity contribution in [2.24, 2.45) is 5.14 Å². The molecule has 0 atom stereocenters. The molecule has 2 aromatic rings. The van der Waals surface area contributed by atoms with Gasteiger partial charge in [-0.25, -0.2) is 9.97 Å². The number of β-amino-alcohol motifs (C(OH)–C–C–N with tert-alkyl or cyclic N) is 1. The fourth-order valence-electron chi connectivity index (χ4n) is 2.96. The quantitative estimate of drug-likeness (QED) is 0.822. The van der Waals surface area contributed by atoms with Gasteiger partial charge in [0.05, 0.1) is 30.7 Å². The van der Waals surface area contributed by atoms with Crippen molar-refractivity contribution >= 4 is 17.9 Å². The molecule has 3 heterocycles. The summed E-state index contributed by atoms with van der Waals surface area (Å²) in [4.78, 5) is 12.4. The first-order chi connectivity index (χ1) is 11.2. The van der Waals surface area contributed by atoms with Gasteiger partial charge >= 0.3 is 0 Å². The highest BCUT2D eigenvalue weighted by atomic mass is 32.2. The van der Waals surface area contributed by atoms with E-state index in [1.165, 1.54) is 11.9 Å². The number of nitrogens with two attached hydrogens (primary N) is 1. The first kappa shape index (κ1) is 14.9. The Morgan fingerprint density at radius 2 is 2.17 bits per heavy atom. The summed E-state index contributed by atoms with van der Waals surface area (Å²) in [6.45, 7) is 2.37. The van der Waals surface area contributed by atoms with E-state index in [4.69, 9.17) is 14.9 Å². The molecule has 0 amide bonds. The fourth-order valence-corrected chi connectivity index (χ4v) is 3.31. The number of ether oxygens (including phenoxy) is 1. The lowest BCUT2D eigenvalue weighted by Gasteiger charge is -2.36. The average molecular weight is 330 g/mol. The third kappa shape index (κ3) is 2.81. The van der Waals surface area contributed by atoms with Crippen molar-refractivity contribution in [2.45, 2.75) is 24.0 Å². The molecule has 2 aliphatic rings. The van der Waals surface area contributed by atoms with E-state index in [1.54, 1.807) is 0 Å². The largest absolute Gasteiger partial charge is 0.389 e. The van der Waals surface area contributed by atoms with Gasteiger partial charge in [0.2, 0.25) is 5.95 Å². The van der Waals surface area contributed by atoms with Crippen LogP contribution in [0.1, 0.15) is 11.3 Å². The lowest BCUT2D eigenvalue weighted by molar-refractivity contribution is 0.107. The maximum absolute atomic E-state index is 9.53. The molecule has 0 spiro atoms. The molecule has 7 heteroatoms. The van der Waals surface area contributed by atoms with E-state index in [0.717, 1.165) is 33.8 Å². The van der Waals surface area contributed by atoms with Crippen LogP contribution in [-0.2, 0) is 17.8 Å². The van der Waals surface area contributed by atoms with Crippen LogP contribution < -0.4 is 10.0 Å². The summed E-state index contributed by atoms with van der Waals surface area (Å²) in [5.74, 6) is 0.667. The second kappa shape index (κ2) is 6.09. The molecule has 0 aliphatic carbocycles. The second-order valence-electron chi connectivity index (χ2n) is 5.80. The molecular weight excluding hydrogens is 312 g/mol. The number of hydrogen-bond donors (Lipinski definition) is 2. The summed E-state index contributed by atoms with van der Waals surface area (Å²) < 4.78 is 5.56. The van der Waals surface area contributed by atoms with Crippen molar-refractivity contribution in [3.63, 3.8) is 0 Å². The third-order valence-corrected chi connectivity index (χ3v) is 4.73. The average Bonchev–Trinajstić information content (AvgIpc) is 2.58. The predicted molar refractivity (Wildman–Crippen MR) is 89.1 cm³/mol. The van der Waals surface area contributed by atoms with Crippen molar-refractivity contribution < 1.29 is 9.84 Å². The number of benzene rings is 1. The van der Waals surface area contributed by atoms with Gasteiger partial charge in [-0.05, 0) is 30.5 Å². The van der Waals surface area contributed by atoms with Crippen LogP contribution in [0.4, 0.5) is 5.95 Å². The molecule has 120 valence electrons. The van der Waals surface area contributed by atoms with Crippen LogP contribution in [-0.4, -0.2) is 40.9 Å². The normalized spacial score (nSPS) is 17.7. The van der Waals surface area contributed by atoms with Crippen molar-refractivity contribution in [3.05, 3.63) is 35.5 Å². The van der Waals surface area contributed by atoms with Crippen molar-refractivity contribution in [1.29, 1.82) is 0 Å². The summed E-state index contributed by atoms with van der Waals surface area (Å²) in [6, 6.07) is 8.08. The molecule has 1 saturated heterocycles. The van der Waals surface area contributed by atoms with Crippen molar-refractivity contribution in [3.8, 4) is 11.3 Å². The molecule has 1 aromatic carbocycles. The molecule has 23 heavy (non-hydrogen) atoms. The summed E-state index contributed by atoms with van der Waals surface area (Å²) in [5.41, 5.74) is 4.09. The Bertz CT molecular complexity index is 734. The van der Waals surface area contributed by atoms with Crippen LogP contribution >= 0.6 is 11.9 Å². The maximum atomic E-state index is 9.53. The smallest absolute Gasteiger partial charge is 0.226 e. The Kier molecular flexibility index (Phi) is 3.94. The van der Waals surface area contributed by atoms with Crippen molar-refractivity contribution in [1.82, 2.24) is 9.97 Å². The van der Waals surface area contributed by atoms with Crippen LogP contribution in [0.3, 0.4) is 0 Å². The van der Waals surface area contributed by atoms with E-state index in [1.807, 2.05) is 23.1 Å². The Morgan fingerprint density at radius 1 is 1.30 bits per heavy atom. The molecule has 1 fully saturated rings. The van der Waals surface area contributed by atoms with Crippen LogP contribution in [0.2, 0.25) is 0 Å². The Morgan fingerprint density at radius 3 is 2.96 bits per heavy atom. The molecule has 4 rings (SSSR count).